The molecule has 4 rings (SSSR count). The van der Waals surface area contributed by atoms with E-state index < -0.39 is 17.6 Å². The van der Waals surface area contributed by atoms with Crippen LogP contribution in [0, 0.1) is 0 Å². The van der Waals surface area contributed by atoms with Gasteiger partial charge in [-0.1, -0.05) is 12.1 Å². The number of aryl methyl sites for hydroxylation is 1. The lowest BCUT2D eigenvalue weighted by molar-refractivity contribution is -0.137. The maximum atomic E-state index is 12.7. The van der Waals surface area contributed by atoms with E-state index in [2.05, 4.69) is 10.3 Å². The Labute approximate surface area is 164 Å². The quantitative estimate of drug-likeness (QED) is 0.497. The summed E-state index contributed by atoms with van der Waals surface area (Å²) in [6.45, 7) is 0. The first-order valence-corrected chi connectivity index (χ1v) is 8.82. The van der Waals surface area contributed by atoms with Gasteiger partial charge in [-0.05, 0) is 54.6 Å². The highest BCUT2D eigenvalue weighted by Gasteiger charge is 2.30. The fourth-order valence-corrected chi connectivity index (χ4v) is 3.10. The van der Waals surface area contributed by atoms with Crippen molar-refractivity contribution in [3.05, 3.63) is 84.2 Å². The van der Waals surface area contributed by atoms with Gasteiger partial charge in [-0.3, -0.25) is 4.79 Å². The molecule has 2 heterocycles. The molecule has 2 aromatic heterocycles. The molecular formula is C22H16F3N3O. The predicted octanol–water partition coefficient (Wildman–Crippen LogP) is 5.51. The highest BCUT2D eigenvalue weighted by atomic mass is 19.4. The molecule has 0 fully saturated rings. The molecule has 29 heavy (non-hydrogen) atoms. The van der Waals surface area contributed by atoms with Gasteiger partial charge < -0.3 is 9.88 Å². The lowest BCUT2D eigenvalue weighted by atomic mass is 10.1. The molecule has 0 aliphatic rings. The minimum atomic E-state index is -4.42. The molecule has 0 saturated heterocycles. The molecule has 146 valence electrons. The standard InChI is InChI=1S/C22H16F3N3O/c1-28-12-11-15-13-14(5-10-20(15)28)18-3-2-4-19(27-18)21(29)26-17-8-6-16(7-9-17)22(23,24)25/h2-13H,1H3,(H,26,29). The lowest BCUT2D eigenvalue weighted by Crippen LogP contribution is -2.14. The summed E-state index contributed by atoms with van der Waals surface area (Å²) in [5, 5.41) is 3.64. The molecular weight excluding hydrogens is 379 g/mol. The smallest absolute Gasteiger partial charge is 0.351 e. The maximum Gasteiger partial charge on any atom is 0.416 e. The number of halogens is 3. The third-order valence-electron chi connectivity index (χ3n) is 4.63. The van der Waals surface area contributed by atoms with Crippen LogP contribution in [0.2, 0.25) is 0 Å². The number of hydrogen-bond acceptors (Lipinski definition) is 2. The zero-order valence-electron chi connectivity index (χ0n) is 15.4. The molecule has 7 heteroatoms. The Bertz CT molecular complexity index is 1190. The number of aromatic nitrogens is 2. The number of rotatable bonds is 3. The Morgan fingerprint density at radius 2 is 1.76 bits per heavy atom. The SMILES string of the molecule is Cn1ccc2cc(-c3cccc(C(=O)Nc4ccc(C(F)(F)F)cc4)n3)ccc21. The summed E-state index contributed by atoms with van der Waals surface area (Å²) in [5.41, 5.74) is 2.26. The third kappa shape index (κ3) is 3.85. The summed E-state index contributed by atoms with van der Waals surface area (Å²) >= 11 is 0. The summed E-state index contributed by atoms with van der Waals surface area (Å²) in [4.78, 5) is 16.9. The minimum absolute atomic E-state index is 0.176. The summed E-state index contributed by atoms with van der Waals surface area (Å²) in [6.07, 6.45) is -2.45. The van der Waals surface area contributed by atoms with Gasteiger partial charge in [0.05, 0.1) is 11.3 Å². The largest absolute Gasteiger partial charge is 0.416 e. The van der Waals surface area contributed by atoms with E-state index in [1.54, 1.807) is 18.2 Å². The van der Waals surface area contributed by atoms with Crippen LogP contribution >= 0.6 is 0 Å². The van der Waals surface area contributed by atoms with Gasteiger partial charge in [0.2, 0.25) is 0 Å². The average Bonchev–Trinajstić information content (AvgIpc) is 3.08. The Morgan fingerprint density at radius 1 is 1.00 bits per heavy atom. The molecule has 4 nitrogen and oxygen atoms in total. The highest BCUT2D eigenvalue weighted by Crippen LogP contribution is 2.30. The number of anilines is 1. The van der Waals surface area contributed by atoms with E-state index in [1.807, 2.05) is 42.1 Å². The number of nitrogens with zero attached hydrogens (tertiary/aromatic N) is 2. The summed E-state index contributed by atoms with van der Waals surface area (Å²) in [7, 11) is 1.96. The van der Waals surface area contributed by atoms with E-state index in [1.165, 1.54) is 12.1 Å². The number of carbonyl (C=O) groups excluding carboxylic acids is 1. The van der Waals surface area contributed by atoms with Crippen molar-refractivity contribution in [1.29, 1.82) is 0 Å². The lowest BCUT2D eigenvalue weighted by Gasteiger charge is -2.09. The molecule has 0 aliphatic heterocycles. The first-order valence-electron chi connectivity index (χ1n) is 8.82. The molecule has 1 N–H and O–H groups in total. The molecule has 0 aliphatic carbocycles. The van der Waals surface area contributed by atoms with Crippen molar-refractivity contribution >= 4 is 22.5 Å². The first kappa shape index (κ1) is 18.7. The Hall–Kier alpha value is -3.61. The van der Waals surface area contributed by atoms with Gasteiger partial charge in [0.25, 0.3) is 5.91 Å². The van der Waals surface area contributed by atoms with Crippen LogP contribution in [-0.2, 0) is 13.2 Å². The van der Waals surface area contributed by atoms with E-state index in [-0.39, 0.29) is 11.4 Å². The van der Waals surface area contributed by atoms with Crippen LogP contribution in [0.3, 0.4) is 0 Å². The number of hydrogen-bond donors (Lipinski definition) is 1. The van der Waals surface area contributed by atoms with Crippen molar-refractivity contribution in [3.63, 3.8) is 0 Å². The molecule has 0 spiro atoms. The second-order valence-corrected chi connectivity index (χ2v) is 6.64. The molecule has 0 radical (unpaired) electrons. The van der Waals surface area contributed by atoms with Gasteiger partial charge in [0, 0.05) is 35.4 Å². The van der Waals surface area contributed by atoms with Crippen molar-refractivity contribution in [3.8, 4) is 11.3 Å². The van der Waals surface area contributed by atoms with Crippen LogP contribution in [-0.4, -0.2) is 15.5 Å². The summed E-state index contributed by atoms with van der Waals surface area (Å²) < 4.78 is 40.0. The second-order valence-electron chi connectivity index (χ2n) is 6.64. The molecule has 2 aromatic carbocycles. The Morgan fingerprint density at radius 3 is 2.48 bits per heavy atom. The van der Waals surface area contributed by atoms with Gasteiger partial charge in [-0.2, -0.15) is 13.2 Å². The van der Waals surface area contributed by atoms with Crippen molar-refractivity contribution in [2.24, 2.45) is 7.05 Å². The number of amides is 1. The maximum absolute atomic E-state index is 12.7. The number of benzene rings is 2. The topological polar surface area (TPSA) is 46.9 Å². The van der Waals surface area contributed by atoms with Crippen LogP contribution in [0.5, 0.6) is 0 Å². The van der Waals surface area contributed by atoms with Gasteiger partial charge in [0.15, 0.2) is 0 Å². The molecule has 0 unspecified atom stereocenters. The number of nitrogens with one attached hydrogen (secondary N) is 1. The van der Waals surface area contributed by atoms with Crippen LogP contribution in [0.15, 0.2) is 72.9 Å². The summed E-state index contributed by atoms with van der Waals surface area (Å²) in [6, 6.07) is 17.3. The molecule has 0 bridgehead atoms. The molecule has 0 saturated carbocycles. The average molecular weight is 395 g/mol. The van der Waals surface area contributed by atoms with Gasteiger partial charge in [-0.15, -0.1) is 0 Å². The van der Waals surface area contributed by atoms with Crippen LogP contribution in [0.4, 0.5) is 18.9 Å². The van der Waals surface area contributed by atoms with Gasteiger partial charge in [0.1, 0.15) is 5.69 Å². The van der Waals surface area contributed by atoms with E-state index >= 15 is 0 Å². The minimum Gasteiger partial charge on any atom is -0.351 e. The van der Waals surface area contributed by atoms with Crippen molar-refractivity contribution in [1.82, 2.24) is 9.55 Å². The normalized spacial score (nSPS) is 11.6. The zero-order valence-corrected chi connectivity index (χ0v) is 15.4. The molecule has 1 amide bonds. The molecule has 4 aromatic rings. The second kappa shape index (κ2) is 7.09. The summed E-state index contributed by atoms with van der Waals surface area (Å²) in [5.74, 6) is -0.493. The van der Waals surface area contributed by atoms with E-state index in [0.717, 1.165) is 28.6 Å². The van der Waals surface area contributed by atoms with E-state index in [4.69, 9.17) is 0 Å². The van der Waals surface area contributed by atoms with Gasteiger partial charge in [-0.25, -0.2) is 4.98 Å². The number of pyridine rings is 1. The molecule has 0 atom stereocenters. The number of alkyl halides is 3. The van der Waals surface area contributed by atoms with Crippen molar-refractivity contribution in [2.45, 2.75) is 6.18 Å². The van der Waals surface area contributed by atoms with Gasteiger partial charge >= 0.3 is 6.18 Å². The van der Waals surface area contributed by atoms with Crippen molar-refractivity contribution in [2.75, 3.05) is 5.32 Å². The van der Waals surface area contributed by atoms with Crippen LogP contribution in [0.1, 0.15) is 16.1 Å². The number of fused-ring (bicyclic) bond motifs is 1. The fraction of sp³-hybridized carbons (Fsp3) is 0.0909. The van der Waals surface area contributed by atoms with E-state index in [0.29, 0.717) is 5.69 Å². The van der Waals surface area contributed by atoms with Crippen LogP contribution in [0.25, 0.3) is 22.2 Å². The van der Waals surface area contributed by atoms with Crippen LogP contribution < -0.4 is 5.32 Å². The first-order chi connectivity index (χ1) is 13.8. The number of carbonyl (C=O) groups is 1. The third-order valence-corrected chi connectivity index (χ3v) is 4.63. The monoisotopic (exact) mass is 395 g/mol. The Balaban J connectivity index is 1.56. The Kier molecular flexibility index (Phi) is 4.58. The fourth-order valence-electron chi connectivity index (χ4n) is 3.10. The van der Waals surface area contributed by atoms with Crippen molar-refractivity contribution < 1.29 is 18.0 Å². The van der Waals surface area contributed by atoms with E-state index in [9.17, 15) is 18.0 Å². The highest BCUT2D eigenvalue weighted by molar-refractivity contribution is 6.03. The predicted molar refractivity (Wildman–Crippen MR) is 106 cm³/mol. The zero-order chi connectivity index (χ0) is 20.6.